The molecular weight excluding hydrogens is 290 g/mol. The summed E-state index contributed by atoms with van der Waals surface area (Å²) >= 11 is 6.02. The number of hydrogen-bond donors (Lipinski definition) is 2. The largest absolute Gasteiger partial charge is 0.386 e. The van der Waals surface area contributed by atoms with Crippen LogP contribution in [0.3, 0.4) is 0 Å². The number of nitrogens with one attached hydrogen (secondary N) is 2. The fourth-order valence-corrected chi connectivity index (χ4v) is 1.77. The summed E-state index contributed by atoms with van der Waals surface area (Å²) in [7, 11) is 1.60. The number of benzene rings is 1. The van der Waals surface area contributed by atoms with Gasteiger partial charge >= 0.3 is 0 Å². The number of nitriles is 1. The van der Waals surface area contributed by atoms with E-state index in [1.165, 1.54) is 6.20 Å². The minimum atomic E-state index is -0.403. The van der Waals surface area contributed by atoms with Crippen molar-refractivity contribution in [1.29, 1.82) is 5.26 Å². The summed E-state index contributed by atoms with van der Waals surface area (Å²) in [5.74, 6) is -0.403. The van der Waals surface area contributed by atoms with Gasteiger partial charge in [0.15, 0.2) is 0 Å². The van der Waals surface area contributed by atoms with E-state index in [2.05, 4.69) is 10.6 Å². The van der Waals surface area contributed by atoms with Gasteiger partial charge in [0.1, 0.15) is 11.6 Å². The van der Waals surface area contributed by atoms with E-state index in [1.54, 1.807) is 13.2 Å². The van der Waals surface area contributed by atoms with E-state index in [0.717, 1.165) is 5.56 Å². The van der Waals surface area contributed by atoms with Crippen molar-refractivity contribution in [2.45, 2.75) is 13.0 Å². The van der Waals surface area contributed by atoms with Crippen LogP contribution in [0.4, 0.5) is 0 Å². The van der Waals surface area contributed by atoms with Crippen molar-refractivity contribution in [2.24, 2.45) is 0 Å². The smallest absolute Gasteiger partial charge is 0.263 e. The topological polar surface area (TPSA) is 74.1 Å². The molecule has 0 aliphatic carbocycles. The molecule has 2 N–H and O–H groups in total. The first-order chi connectivity index (χ1) is 10.2. The average Bonchev–Trinajstić information content (AvgIpc) is 2.49. The monoisotopic (exact) mass is 307 g/mol. The highest BCUT2D eigenvalue weighted by atomic mass is 35.5. The van der Waals surface area contributed by atoms with E-state index in [-0.39, 0.29) is 5.57 Å². The molecule has 0 heterocycles. The maximum absolute atomic E-state index is 11.7. The van der Waals surface area contributed by atoms with E-state index in [4.69, 9.17) is 21.6 Å². The number of hydrogen-bond acceptors (Lipinski definition) is 4. The van der Waals surface area contributed by atoms with E-state index >= 15 is 0 Å². The molecule has 0 bridgehead atoms. The van der Waals surface area contributed by atoms with Crippen molar-refractivity contribution in [3.8, 4) is 6.07 Å². The second-order valence-corrected chi connectivity index (χ2v) is 4.65. The molecule has 0 atom stereocenters. The normalized spacial score (nSPS) is 10.8. The molecule has 0 aromatic heterocycles. The lowest BCUT2D eigenvalue weighted by atomic mass is 10.2. The number of carbonyl (C=O) groups excluding carboxylic acids is 1. The lowest BCUT2D eigenvalue weighted by molar-refractivity contribution is -0.117. The summed E-state index contributed by atoms with van der Waals surface area (Å²) in [4.78, 5) is 11.7. The Morgan fingerprint density at radius 2 is 2.24 bits per heavy atom. The van der Waals surface area contributed by atoms with Gasteiger partial charge in [-0.25, -0.2) is 0 Å². The van der Waals surface area contributed by atoms with Gasteiger partial charge in [-0.2, -0.15) is 5.26 Å². The lowest BCUT2D eigenvalue weighted by Crippen LogP contribution is -2.27. The molecule has 0 saturated heterocycles. The summed E-state index contributed by atoms with van der Waals surface area (Å²) < 4.78 is 4.88. The van der Waals surface area contributed by atoms with Crippen LogP contribution in [-0.4, -0.2) is 26.2 Å². The standard InChI is InChI=1S/C15H18ClN3O2/c1-21-8-4-7-19-15(20)13(9-17)11-18-10-12-5-2-3-6-14(12)16/h2-3,5-6,11,18H,4,7-8,10H2,1H3,(H,19,20)/b13-11-. The first-order valence-corrected chi connectivity index (χ1v) is 6.91. The SMILES string of the molecule is COCCCNC(=O)/C(C#N)=C\NCc1ccccc1Cl. The van der Waals surface area contributed by atoms with Gasteiger partial charge in [-0.05, 0) is 18.1 Å². The van der Waals surface area contributed by atoms with Gasteiger partial charge < -0.3 is 15.4 Å². The average molecular weight is 308 g/mol. The molecular formula is C15H18ClN3O2. The number of carbonyl (C=O) groups is 1. The summed E-state index contributed by atoms with van der Waals surface area (Å²) in [5.41, 5.74) is 0.924. The molecule has 0 aliphatic rings. The Morgan fingerprint density at radius 1 is 1.48 bits per heavy atom. The number of rotatable bonds is 8. The predicted octanol–water partition coefficient (Wildman–Crippen LogP) is 1.99. The molecule has 1 aromatic rings. The van der Waals surface area contributed by atoms with Gasteiger partial charge in [-0.1, -0.05) is 29.8 Å². The lowest BCUT2D eigenvalue weighted by Gasteiger charge is -2.06. The van der Waals surface area contributed by atoms with Crippen molar-refractivity contribution < 1.29 is 9.53 Å². The number of methoxy groups -OCH3 is 1. The van der Waals surface area contributed by atoms with Gasteiger partial charge in [0.25, 0.3) is 5.91 Å². The molecule has 0 fully saturated rings. The van der Waals surface area contributed by atoms with Gasteiger partial charge in [-0.15, -0.1) is 0 Å². The molecule has 0 aliphatic heterocycles. The Bertz CT molecular complexity index is 538. The molecule has 0 radical (unpaired) electrons. The molecule has 0 unspecified atom stereocenters. The van der Waals surface area contributed by atoms with Crippen LogP contribution in [0.2, 0.25) is 5.02 Å². The van der Waals surface area contributed by atoms with E-state index in [0.29, 0.717) is 31.1 Å². The van der Waals surface area contributed by atoms with E-state index in [9.17, 15) is 4.79 Å². The third-order valence-electron chi connectivity index (χ3n) is 2.67. The van der Waals surface area contributed by atoms with Crippen LogP contribution >= 0.6 is 11.6 Å². The van der Waals surface area contributed by atoms with Crippen LogP contribution in [-0.2, 0) is 16.1 Å². The fourth-order valence-electron chi connectivity index (χ4n) is 1.57. The number of halogens is 1. The summed E-state index contributed by atoms with van der Waals surface area (Å²) in [6.45, 7) is 1.48. The minimum Gasteiger partial charge on any atom is -0.386 e. The summed E-state index contributed by atoms with van der Waals surface area (Å²) in [5, 5.41) is 15.2. The predicted molar refractivity (Wildman–Crippen MR) is 81.5 cm³/mol. The Balaban J connectivity index is 2.46. The maximum Gasteiger partial charge on any atom is 0.263 e. The van der Waals surface area contributed by atoms with Crippen LogP contribution < -0.4 is 10.6 Å². The zero-order valence-corrected chi connectivity index (χ0v) is 12.6. The summed E-state index contributed by atoms with van der Waals surface area (Å²) in [6.07, 6.45) is 2.10. The van der Waals surface area contributed by atoms with Crippen molar-refractivity contribution >= 4 is 17.5 Å². The molecule has 112 valence electrons. The number of ether oxygens (including phenoxy) is 1. The summed E-state index contributed by atoms with van der Waals surface area (Å²) in [6, 6.07) is 9.25. The Kier molecular flexibility index (Phi) is 7.95. The molecule has 0 spiro atoms. The Morgan fingerprint density at radius 3 is 2.90 bits per heavy atom. The molecule has 6 heteroatoms. The van der Waals surface area contributed by atoms with Crippen LogP contribution in [0, 0.1) is 11.3 Å². The highest BCUT2D eigenvalue weighted by Crippen LogP contribution is 2.14. The van der Waals surface area contributed by atoms with Gasteiger partial charge in [-0.3, -0.25) is 4.79 Å². The first kappa shape index (κ1) is 17.0. The second-order valence-electron chi connectivity index (χ2n) is 4.24. The van der Waals surface area contributed by atoms with Crippen LogP contribution in [0.1, 0.15) is 12.0 Å². The first-order valence-electron chi connectivity index (χ1n) is 6.53. The Hall–Kier alpha value is -2.03. The molecule has 1 rings (SSSR count). The highest BCUT2D eigenvalue weighted by Gasteiger charge is 2.07. The molecule has 5 nitrogen and oxygen atoms in total. The van der Waals surface area contributed by atoms with Crippen LogP contribution in [0.15, 0.2) is 36.0 Å². The van der Waals surface area contributed by atoms with Crippen LogP contribution in [0.25, 0.3) is 0 Å². The third kappa shape index (κ3) is 6.30. The zero-order valence-electron chi connectivity index (χ0n) is 11.9. The fraction of sp³-hybridized carbons (Fsp3) is 0.333. The van der Waals surface area contributed by atoms with Gasteiger partial charge in [0, 0.05) is 38.0 Å². The Labute approximate surface area is 129 Å². The molecule has 1 amide bonds. The molecule has 1 aromatic carbocycles. The maximum atomic E-state index is 11.7. The van der Waals surface area contributed by atoms with Gasteiger partial charge in [0.2, 0.25) is 0 Å². The third-order valence-corrected chi connectivity index (χ3v) is 3.04. The van der Waals surface area contributed by atoms with Crippen LogP contribution in [0.5, 0.6) is 0 Å². The van der Waals surface area contributed by atoms with Crippen molar-refractivity contribution in [2.75, 3.05) is 20.3 Å². The van der Waals surface area contributed by atoms with Crippen molar-refractivity contribution in [3.63, 3.8) is 0 Å². The molecule has 0 saturated carbocycles. The zero-order chi connectivity index (χ0) is 15.5. The van der Waals surface area contributed by atoms with Crippen molar-refractivity contribution in [3.05, 3.63) is 46.6 Å². The van der Waals surface area contributed by atoms with Gasteiger partial charge in [0.05, 0.1) is 0 Å². The second kappa shape index (κ2) is 9.81. The van der Waals surface area contributed by atoms with E-state index < -0.39 is 5.91 Å². The highest BCUT2D eigenvalue weighted by molar-refractivity contribution is 6.31. The molecule has 21 heavy (non-hydrogen) atoms. The quantitative estimate of drug-likeness (QED) is 0.437. The minimum absolute atomic E-state index is 0.0273. The number of amides is 1. The van der Waals surface area contributed by atoms with Crippen molar-refractivity contribution in [1.82, 2.24) is 10.6 Å². The van der Waals surface area contributed by atoms with E-state index in [1.807, 2.05) is 24.3 Å². The number of nitrogens with zero attached hydrogens (tertiary/aromatic N) is 1.